The van der Waals surface area contributed by atoms with Gasteiger partial charge in [-0.05, 0) is 44.5 Å². The van der Waals surface area contributed by atoms with E-state index in [2.05, 4.69) is 46.5 Å². The van der Waals surface area contributed by atoms with Crippen molar-refractivity contribution >= 4 is 5.52 Å². The molecule has 2 aromatic rings. The molecule has 0 bridgehead atoms. The van der Waals surface area contributed by atoms with E-state index in [0.717, 1.165) is 13.0 Å². The maximum atomic E-state index is 4.64. The maximum absolute atomic E-state index is 4.64. The summed E-state index contributed by atoms with van der Waals surface area (Å²) in [6.07, 6.45) is 9.31. The fourth-order valence-corrected chi connectivity index (χ4v) is 3.22. The van der Waals surface area contributed by atoms with Crippen LogP contribution in [-0.4, -0.2) is 33.4 Å². The molecule has 1 aliphatic heterocycles. The zero-order chi connectivity index (χ0) is 13.2. The number of imidazole rings is 1. The van der Waals surface area contributed by atoms with Gasteiger partial charge in [0.15, 0.2) is 0 Å². The smallest absolute Gasteiger partial charge is 0.114 e. The van der Waals surface area contributed by atoms with Gasteiger partial charge in [-0.15, -0.1) is 0 Å². The average Bonchev–Trinajstić information content (AvgIpc) is 2.82. The molecule has 0 N–H and O–H groups in total. The molecule has 3 rings (SSSR count). The molecule has 0 amide bonds. The summed E-state index contributed by atoms with van der Waals surface area (Å²) in [4.78, 5) is 7.25. The van der Waals surface area contributed by atoms with E-state index in [9.17, 15) is 0 Å². The van der Waals surface area contributed by atoms with Crippen molar-refractivity contribution in [1.29, 1.82) is 0 Å². The van der Waals surface area contributed by atoms with E-state index in [4.69, 9.17) is 0 Å². The van der Waals surface area contributed by atoms with Gasteiger partial charge in [0.05, 0.1) is 11.7 Å². The first-order chi connectivity index (χ1) is 9.28. The summed E-state index contributed by atoms with van der Waals surface area (Å²) >= 11 is 0. The second-order valence-electron chi connectivity index (χ2n) is 5.66. The van der Waals surface area contributed by atoms with E-state index >= 15 is 0 Å². The molecule has 1 aliphatic rings. The first-order valence-electron chi connectivity index (χ1n) is 7.44. The van der Waals surface area contributed by atoms with E-state index < -0.39 is 0 Å². The van der Waals surface area contributed by atoms with Gasteiger partial charge in [0.2, 0.25) is 0 Å². The normalized spacial score (nSPS) is 21.1. The topological polar surface area (TPSA) is 20.5 Å². The quantitative estimate of drug-likeness (QED) is 0.842. The van der Waals surface area contributed by atoms with Crippen LogP contribution in [0.1, 0.15) is 37.6 Å². The van der Waals surface area contributed by atoms with E-state index in [1.54, 1.807) is 0 Å². The molecule has 3 heterocycles. The fourth-order valence-electron chi connectivity index (χ4n) is 3.22. The van der Waals surface area contributed by atoms with Gasteiger partial charge in [0, 0.05) is 18.7 Å². The Hall–Kier alpha value is -1.35. The molecular weight excluding hydrogens is 234 g/mol. The Morgan fingerprint density at radius 3 is 3.05 bits per heavy atom. The molecule has 0 aromatic carbocycles. The first-order valence-corrected chi connectivity index (χ1v) is 7.44. The number of nitrogens with zero attached hydrogens (tertiary/aromatic N) is 3. The molecular formula is C16H23N3. The summed E-state index contributed by atoms with van der Waals surface area (Å²) in [5.74, 6) is 1.21. The number of pyridine rings is 1. The van der Waals surface area contributed by atoms with Crippen molar-refractivity contribution in [3.63, 3.8) is 0 Å². The number of aromatic nitrogens is 2. The Kier molecular flexibility index (Phi) is 3.56. The zero-order valence-electron chi connectivity index (χ0n) is 12.0. The van der Waals surface area contributed by atoms with Crippen LogP contribution in [0, 0.1) is 6.92 Å². The van der Waals surface area contributed by atoms with Crippen LogP contribution in [0.5, 0.6) is 0 Å². The third-order valence-electron chi connectivity index (χ3n) is 4.33. The van der Waals surface area contributed by atoms with Crippen molar-refractivity contribution < 1.29 is 0 Å². The Morgan fingerprint density at radius 2 is 2.21 bits per heavy atom. The molecule has 2 aromatic heterocycles. The van der Waals surface area contributed by atoms with Crippen LogP contribution < -0.4 is 0 Å². The lowest BCUT2D eigenvalue weighted by Gasteiger charge is -2.34. The van der Waals surface area contributed by atoms with Crippen LogP contribution in [0.15, 0.2) is 24.5 Å². The average molecular weight is 257 g/mol. The SMILES string of the molecule is CCN1CCCCC1Cc1ncc2ccc(C)cn12. The van der Waals surface area contributed by atoms with Crippen LogP contribution in [0.25, 0.3) is 5.52 Å². The van der Waals surface area contributed by atoms with Crippen molar-refractivity contribution in [2.75, 3.05) is 13.1 Å². The molecule has 1 unspecified atom stereocenters. The Labute approximate surface area is 115 Å². The third kappa shape index (κ3) is 2.52. The van der Waals surface area contributed by atoms with Crippen LogP contribution in [0.2, 0.25) is 0 Å². The van der Waals surface area contributed by atoms with Gasteiger partial charge in [-0.2, -0.15) is 0 Å². The van der Waals surface area contributed by atoms with Gasteiger partial charge in [0.25, 0.3) is 0 Å². The zero-order valence-corrected chi connectivity index (χ0v) is 12.0. The number of fused-ring (bicyclic) bond motifs is 1. The van der Waals surface area contributed by atoms with Gasteiger partial charge in [-0.3, -0.25) is 0 Å². The molecule has 1 atom stereocenters. The van der Waals surface area contributed by atoms with Crippen LogP contribution >= 0.6 is 0 Å². The number of hydrogen-bond acceptors (Lipinski definition) is 2. The van der Waals surface area contributed by atoms with E-state index in [0.29, 0.717) is 6.04 Å². The van der Waals surface area contributed by atoms with Gasteiger partial charge in [-0.1, -0.05) is 19.4 Å². The van der Waals surface area contributed by atoms with Crippen LogP contribution in [0.4, 0.5) is 0 Å². The fraction of sp³-hybridized carbons (Fsp3) is 0.562. The number of hydrogen-bond donors (Lipinski definition) is 0. The Morgan fingerprint density at radius 1 is 1.32 bits per heavy atom. The molecule has 1 saturated heterocycles. The minimum Gasteiger partial charge on any atom is -0.303 e. The molecule has 0 saturated carbocycles. The number of likely N-dealkylation sites (tertiary alicyclic amines) is 1. The van der Waals surface area contributed by atoms with Gasteiger partial charge < -0.3 is 9.30 Å². The van der Waals surface area contributed by atoms with Gasteiger partial charge >= 0.3 is 0 Å². The predicted octanol–water partition coefficient (Wildman–Crippen LogP) is 3.06. The van der Waals surface area contributed by atoms with Crippen molar-refractivity contribution in [2.24, 2.45) is 0 Å². The van der Waals surface area contributed by atoms with Crippen molar-refractivity contribution in [3.05, 3.63) is 35.9 Å². The Bertz CT molecular complexity index is 558. The van der Waals surface area contributed by atoms with Gasteiger partial charge in [-0.25, -0.2) is 4.98 Å². The second-order valence-corrected chi connectivity index (χ2v) is 5.66. The first kappa shape index (κ1) is 12.7. The summed E-state index contributed by atoms with van der Waals surface area (Å²) in [6.45, 7) is 6.82. The summed E-state index contributed by atoms with van der Waals surface area (Å²) in [5, 5.41) is 0. The van der Waals surface area contributed by atoms with Crippen molar-refractivity contribution in [2.45, 2.75) is 45.6 Å². The molecule has 3 heteroatoms. The minimum absolute atomic E-state index is 0.671. The second kappa shape index (κ2) is 5.33. The summed E-state index contributed by atoms with van der Waals surface area (Å²) in [7, 11) is 0. The number of likely N-dealkylation sites (N-methyl/N-ethyl adjacent to an activating group) is 1. The molecule has 3 nitrogen and oxygen atoms in total. The molecule has 19 heavy (non-hydrogen) atoms. The molecule has 0 aliphatic carbocycles. The van der Waals surface area contributed by atoms with Crippen molar-refractivity contribution in [1.82, 2.24) is 14.3 Å². The van der Waals surface area contributed by atoms with Crippen LogP contribution in [-0.2, 0) is 6.42 Å². The highest BCUT2D eigenvalue weighted by molar-refractivity contribution is 5.46. The minimum atomic E-state index is 0.671. The monoisotopic (exact) mass is 257 g/mol. The number of rotatable bonds is 3. The lowest BCUT2D eigenvalue weighted by Crippen LogP contribution is -2.40. The Balaban J connectivity index is 1.86. The van der Waals surface area contributed by atoms with Crippen molar-refractivity contribution in [3.8, 4) is 0 Å². The lowest BCUT2D eigenvalue weighted by atomic mass is 9.99. The standard InChI is InChI=1S/C16H23N3/c1-3-18-9-5-4-6-14(18)10-16-17-11-15-8-7-13(2)12-19(15)16/h7-8,11-12,14H,3-6,9-10H2,1-2H3. The summed E-state index contributed by atoms with van der Waals surface area (Å²) < 4.78 is 2.26. The van der Waals surface area contributed by atoms with E-state index in [1.807, 2.05) is 6.20 Å². The van der Waals surface area contributed by atoms with E-state index in [-0.39, 0.29) is 0 Å². The highest BCUT2D eigenvalue weighted by Crippen LogP contribution is 2.20. The summed E-state index contributed by atoms with van der Waals surface area (Å²) in [6, 6.07) is 4.98. The lowest BCUT2D eigenvalue weighted by molar-refractivity contribution is 0.153. The number of piperidine rings is 1. The predicted molar refractivity (Wildman–Crippen MR) is 78.5 cm³/mol. The number of aryl methyl sites for hydroxylation is 1. The van der Waals surface area contributed by atoms with E-state index in [1.165, 1.54) is 42.7 Å². The highest BCUT2D eigenvalue weighted by Gasteiger charge is 2.22. The maximum Gasteiger partial charge on any atom is 0.114 e. The molecule has 0 radical (unpaired) electrons. The molecule has 1 fully saturated rings. The molecule has 0 spiro atoms. The summed E-state index contributed by atoms with van der Waals surface area (Å²) in [5.41, 5.74) is 2.50. The highest BCUT2D eigenvalue weighted by atomic mass is 15.2. The largest absolute Gasteiger partial charge is 0.303 e. The molecule has 102 valence electrons. The third-order valence-corrected chi connectivity index (χ3v) is 4.33. The van der Waals surface area contributed by atoms with Crippen LogP contribution in [0.3, 0.4) is 0 Å². The van der Waals surface area contributed by atoms with Gasteiger partial charge in [0.1, 0.15) is 5.82 Å².